The van der Waals surface area contributed by atoms with Crippen molar-refractivity contribution in [2.24, 2.45) is 0 Å². The van der Waals surface area contributed by atoms with Crippen LogP contribution >= 0.6 is 0 Å². The molecule has 0 radical (unpaired) electrons. The van der Waals surface area contributed by atoms with Crippen molar-refractivity contribution >= 4 is 11.4 Å². The number of Topliss-reactive ketones (excluding diaryl/α,β-unsaturated/α-hetero) is 1. The van der Waals surface area contributed by atoms with E-state index in [0.717, 1.165) is 10.7 Å². The molecule has 0 bridgehead atoms. The fourth-order valence-electron chi connectivity index (χ4n) is 1.96. The number of pyridine rings is 1. The van der Waals surface area contributed by atoms with Gasteiger partial charge in [-0.2, -0.15) is 0 Å². The first kappa shape index (κ1) is 12.3. The van der Waals surface area contributed by atoms with Crippen LogP contribution in [0, 0.1) is 5.82 Å². The third-order valence-electron chi connectivity index (χ3n) is 2.93. The van der Waals surface area contributed by atoms with E-state index in [1.165, 1.54) is 22.6 Å². The van der Waals surface area contributed by atoms with Crippen molar-refractivity contribution in [1.82, 2.24) is 14.2 Å². The Morgan fingerprint density at radius 1 is 1.20 bits per heavy atom. The van der Waals surface area contributed by atoms with Crippen molar-refractivity contribution < 1.29 is 9.18 Å². The van der Waals surface area contributed by atoms with Gasteiger partial charge in [0, 0.05) is 11.8 Å². The van der Waals surface area contributed by atoms with E-state index in [-0.39, 0.29) is 17.9 Å². The second-order valence-corrected chi connectivity index (χ2v) is 4.30. The lowest BCUT2D eigenvalue weighted by Crippen LogP contribution is -2.25. The maximum atomic E-state index is 13.1. The number of hydrogen-bond acceptors (Lipinski definition) is 3. The molecule has 20 heavy (non-hydrogen) atoms. The number of ketones is 1. The lowest BCUT2D eigenvalue weighted by Gasteiger charge is -2.00. The van der Waals surface area contributed by atoms with Crippen LogP contribution in [0.2, 0.25) is 0 Å². The molecule has 0 aliphatic heterocycles. The van der Waals surface area contributed by atoms with E-state index in [1.807, 2.05) is 0 Å². The van der Waals surface area contributed by atoms with E-state index >= 15 is 0 Å². The molecule has 6 heteroatoms. The van der Waals surface area contributed by atoms with Crippen molar-refractivity contribution in [2.75, 3.05) is 0 Å². The smallest absolute Gasteiger partial charge is 0.292 e. The molecule has 0 unspecified atom stereocenters. The van der Waals surface area contributed by atoms with E-state index in [0.29, 0.717) is 5.65 Å². The molecule has 0 aliphatic carbocycles. The number of nitrogens with zero attached hydrogens (tertiary/aromatic N) is 3. The Bertz CT molecular complexity index is 851. The van der Waals surface area contributed by atoms with Crippen LogP contribution in [-0.2, 0) is 6.54 Å². The third kappa shape index (κ3) is 2.11. The largest absolute Gasteiger partial charge is 0.350 e. The Hall–Kier alpha value is -2.76. The summed E-state index contributed by atoms with van der Waals surface area (Å²) < 4.78 is 15.5. The van der Waals surface area contributed by atoms with Crippen LogP contribution < -0.4 is 5.69 Å². The SMILES string of the molecule is O=C(Cn1nc2ccccn2c1=O)c1cccc(F)c1. The molecular formula is C14H10FN3O2. The van der Waals surface area contributed by atoms with E-state index in [1.54, 1.807) is 24.4 Å². The number of fused-ring (bicyclic) bond motifs is 1. The Labute approximate surface area is 112 Å². The van der Waals surface area contributed by atoms with E-state index in [4.69, 9.17) is 0 Å². The second kappa shape index (κ2) is 4.73. The summed E-state index contributed by atoms with van der Waals surface area (Å²) in [7, 11) is 0. The maximum absolute atomic E-state index is 13.1. The lowest BCUT2D eigenvalue weighted by molar-refractivity contribution is 0.0966. The summed E-state index contributed by atoms with van der Waals surface area (Å²) in [5.41, 5.74) is 0.281. The molecule has 0 fully saturated rings. The number of halogens is 1. The van der Waals surface area contributed by atoms with Crippen LogP contribution in [-0.4, -0.2) is 20.0 Å². The standard InChI is InChI=1S/C14H10FN3O2/c15-11-5-3-4-10(8-11)12(19)9-18-14(20)17-7-2-1-6-13(17)16-18/h1-8H,9H2. The monoisotopic (exact) mass is 271 g/mol. The van der Waals surface area contributed by atoms with Gasteiger partial charge in [0.05, 0.1) is 0 Å². The minimum atomic E-state index is -0.488. The molecule has 0 N–H and O–H groups in total. The molecule has 5 nitrogen and oxygen atoms in total. The van der Waals surface area contributed by atoms with Crippen molar-refractivity contribution in [2.45, 2.75) is 6.54 Å². The van der Waals surface area contributed by atoms with Gasteiger partial charge in [-0.15, -0.1) is 5.10 Å². The van der Waals surface area contributed by atoms with Gasteiger partial charge in [-0.3, -0.25) is 9.20 Å². The van der Waals surface area contributed by atoms with Crippen molar-refractivity contribution in [1.29, 1.82) is 0 Å². The highest BCUT2D eigenvalue weighted by Crippen LogP contribution is 2.05. The molecule has 3 aromatic rings. The summed E-state index contributed by atoms with van der Waals surface area (Å²) in [6.45, 7) is -0.218. The zero-order chi connectivity index (χ0) is 14.1. The predicted octanol–water partition coefficient (Wildman–Crippen LogP) is 1.52. The van der Waals surface area contributed by atoms with Gasteiger partial charge in [-0.25, -0.2) is 13.9 Å². The van der Waals surface area contributed by atoms with E-state index in [2.05, 4.69) is 5.10 Å². The zero-order valence-electron chi connectivity index (χ0n) is 10.4. The van der Waals surface area contributed by atoms with Crippen molar-refractivity contribution in [3.63, 3.8) is 0 Å². The van der Waals surface area contributed by atoms with Crippen LogP contribution in [0.25, 0.3) is 5.65 Å². The fraction of sp³-hybridized carbons (Fsp3) is 0.0714. The van der Waals surface area contributed by atoms with Crippen LogP contribution in [0.1, 0.15) is 10.4 Å². The summed E-state index contributed by atoms with van der Waals surface area (Å²) in [6.07, 6.45) is 1.58. The quantitative estimate of drug-likeness (QED) is 0.679. The molecule has 0 amide bonds. The molecule has 0 atom stereocenters. The summed E-state index contributed by atoms with van der Waals surface area (Å²) in [5, 5.41) is 4.05. The first-order valence-electron chi connectivity index (χ1n) is 5.98. The normalized spacial score (nSPS) is 10.8. The highest BCUT2D eigenvalue weighted by atomic mass is 19.1. The molecule has 100 valence electrons. The third-order valence-corrected chi connectivity index (χ3v) is 2.93. The summed E-state index contributed by atoms with van der Waals surface area (Å²) in [4.78, 5) is 24.0. The number of aromatic nitrogens is 3. The van der Waals surface area contributed by atoms with Crippen molar-refractivity contribution in [3.05, 3.63) is 70.5 Å². The van der Waals surface area contributed by atoms with Gasteiger partial charge >= 0.3 is 5.69 Å². The van der Waals surface area contributed by atoms with Crippen LogP contribution in [0.4, 0.5) is 4.39 Å². The molecule has 0 saturated carbocycles. The number of hydrogen-bond donors (Lipinski definition) is 0. The van der Waals surface area contributed by atoms with Gasteiger partial charge in [0.15, 0.2) is 11.4 Å². The Kier molecular flexibility index (Phi) is 2.90. The summed E-state index contributed by atoms with van der Waals surface area (Å²) in [5.74, 6) is -0.854. The predicted molar refractivity (Wildman–Crippen MR) is 70.2 cm³/mol. The van der Waals surface area contributed by atoms with Gasteiger partial charge in [0.2, 0.25) is 0 Å². The fourth-order valence-corrected chi connectivity index (χ4v) is 1.96. The lowest BCUT2D eigenvalue weighted by atomic mass is 10.1. The molecule has 0 saturated heterocycles. The molecule has 2 heterocycles. The summed E-state index contributed by atoms with van der Waals surface area (Å²) >= 11 is 0. The number of carbonyl (C=O) groups is 1. The summed E-state index contributed by atoms with van der Waals surface area (Å²) in [6, 6.07) is 10.5. The van der Waals surface area contributed by atoms with Gasteiger partial charge in [0.1, 0.15) is 12.4 Å². The molecule has 0 spiro atoms. The molecule has 0 aliphatic rings. The molecule has 2 aromatic heterocycles. The molecular weight excluding hydrogens is 261 g/mol. The van der Waals surface area contributed by atoms with Crippen molar-refractivity contribution in [3.8, 4) is 0 Å². The first-order chi connectivity index (χ1) is 9.65. The Balaban J connectivity index is 1.95. The van der Waals surface area contributed by atoms with Crippen LogP contribution in [0.5, 0.6) is 0 Å². The van der Waals surface area contributed by atoms with Crippen LogP contribution in [0.3, 0.4) is 0 Å². The Morgan fingerprint density at radius 3 is 2.80 bits per heavy atom. The first-order valence-corrected chi connectivity index (χ1v) is 5.98. The highest BCUT2D eigenvalue weighted by Gasteiger charge is 2.12. The minimum Gasteiger partial charge on any atom is -0.292 e. The molecule has 3 rings (SSSR count). The topological polar surface area (TPSA) is 56.4 Å². The number of benzene rings is 1. The minimum absolute atomic E-state index is 0.217. The average molecular weight is 271 g/mol. The number of carbonyl (C=O) groups excluding carboxylic acids is 1. The highest BCUT2D eigenvalue weighted by molar-refractivity contribution is 5.95. The maximum Gasteiger partial charge on any atom is 0.350 e. The zero-order valence-corrected chi connectivity index (χ0v) is 10.4. The van der Waals surface area contributed by atoms with E-state index in [9.17, 15) is 14.0 Å². The van der Waals surface area contributed by atoms with Gasteiger partial charge in [-0.05, 0) is 24.3 Å². The van der Waals surface area contributed by atoms with Crippen LogP contribution in [0.15, 0.2) is 53.5 Å². The second-order valence-electron chi connectivity index (χ2n) is 4.30. The average Bonchev–Trinajstić information content (AvgIpc) is 2.76. The number of rotatable bonds is 3. The van der Waals surface area contributed by atoms with Gasteiger partial charge in [-0.1, -0.05) is 18.2 Å². The van der Waals surface area contributed by atoms with Gasteiger partial charge in [0.25, 0.3) is 0 Å². The Morgan fingerprint density at radius 2 is 2.05 bits per heavy atom. The molecule has 1 aromatic carbocycles. The van der Waals surface area contributed by atoms with Gasteiger partial charge < -0.3 is 0 Å². The van der Waals surface area contributed by atoms with E-state index < -0.39 is 11.5 Å².